The van der Waals surface area contributed by atoms with Crippen molar-refractivity contribution in [3.63, 3.8) is 0 Å². The van der Waals surface area contributed by atoms with Crippen LogP contribution in [0.5, 0.6) is 0 Å². The van der Waals surface area contributed by atoms with Crippen molar-refractivity contribution in [1.29, 1.82) is 0 Å². The molecule has 0 heterocycles. The summed E-state index contributed by atoms with van der Waals surface area (Å²) in [6, 6.07) is 7.65. The van der Waals surface area contributed by atoms with Crippen LogP contribution in [0.3, 0.4) is 0 Å². The predicted molar refractivity (Wildman–Crippen MR) is 75.8 cm³/mol. The van der Waals surface area contributed by atoms with Crippen LogP contribution >= 0.6 is 0 Å². The van der Waals surface area contributed by atoms with Gasteiger partial charge in [0.15, 0.2) is 0 Å². The average Bonchev–Trinajstić information content (AvgIpc) is 2.40. The van der Waals surface area contributed by atoms with E-state index in [4.69, 9.17) is 5.11 Å². The molecule has 0 unspecified atom stereocenters. The highest BCUT2D eigenvalue weighted by molar-refractivity contribution is 5.94. The standard InChI is InChI=1S/C15H20N2O3/c1-10-3-2-4-11(9-10)14(18)16-12-5-7-13(8-6-12)17-15(19)20/h2-4,9,12-13,17H,5-8H2,1H3,(H,16,18)(H,19,20)/t12-,13-. The van der Waals surface area contributed by atoms with Crippen molar-refractivity contribution in [2.24, 2.45) is 0 Å². The monoisotopic (exact) mass is 276 g/mol. The number of carbonyl (C=O) groups is 2. The molecular formula is C15H20N2O3. The molecule has 1 aromatic rings. The number of benzene rings is 1. The lowest BCUT2D eigenvalue weighted by Crippen LogP contribution is -2.43. The summed E-state index contributed by atoms with van der Waals surface area (Å²) in [4.78, 5) is 22.7. The van der Waals surface area contributed by atoms with Gasteiger partial charge in [0, 0.05) is 17.6 Å². The van der Waals surface area contributed by atoms with E-state index in [1.54, 1.807) is 6.07 Å². The van der Waals surface area contributed by atoms with Gasteiger partial charge in [-0.25, -0.2) is 4.79 Å². The van der Waals surface area contributed by atoms with Gasteiger partial charge >= 0.3 is 6.09 Å². The maximum Gasteiger partial charge on any atom is 0.404 e. The fourth-order valence-electron chi connectivity index (χ4n) is 2.61. The lowest BCUT2D eigenvalue weighted by Gasteiger charge is -2.28. The van der Waals surface area contributed by atoms with Crippen molar-refractivity contribution in [2.75, 3.05) is 0 Å². The van der Waals surface area contributed by atoms with E-state index in [1.165, 1.54) is 0 Å². The van der Waals surface area contributed by atoms with Gasteiger partial charge in [0.2, 0.25) is 0 Å². The molecule has 5 nitrogen and oxygen atoms in total. The topological polar surface area (TPSA) is 78.4 Å². The van der Waals surface area contributed by atoms with Gasteiger partial charge in [-0.3, -0.25) is 4.79 Å². The number of aryl methyl sites for hydroxylation is 1. The normalized spacial score (nSPS) is 22.1. The van der Waals surface area contributed by atoms with Gasteiger partial charge < -0.3 is 15.7 Å². The van der Waals surface area contributed by atoms with Gasteiger partial charge in [-0.15, -0.1) is 0 Å². The summed E-state index contributed by atoms with van der Waals surface area (Å²) in [5.41, 5.74) is 1.74. The molecule has 0 radical (unpaired) electrons. The van der Waals surface area contributed by atoms with Crippen molar-refractivity contribution < 1.29 is 14.7 Å². The Hall–Kier alpha value is -2.04. The Bertz CT molecular complexity index is 494. The Kier molecular flexibility index (Phi) is 4.61. The van der Waals surface area contributed by atoms with Crippen molar-refractivity contribution in [1.82, 2.24) is 10.6 Å². The quantitative estimate of drug-likeness (QED) is 0.792. The molecule has 20 heavy (non-hydrogen) atoms. The van der Waals surface area contributed by atoms with Crippen molar-refractivity contribution >= 4 is 12.0 Å². The van der Waals surface area contributed by atoms with Crippen LogP contribution in [-0.4, -0.2) is 29.2 Å². The molecule has 0 aliphatic heterocycles. The van der Waals surface area contributed by atoms with E-state index in [9.17, 15) is 9.59 Å². The van der Waals surface area contributed by atoms with Crippen LogP contribution in [0.25, 0.3) is 0 Å². The van der Waals surface area contributed by atoms with E-state index < -0.39 is 6.09 Å². The van der Waals surface area contributed by atoms with Gasteiger partial charge in [0.1, 0.15) is 0 Å². The maximum absolute atomic E-state index is 12.1. The molecule has 0 bridgehead atoms. The SMILES string of the molecule is Cc1cccc(C(=O)N[C@H]2CC[C@H](NC(=O)O)CC2)c1. The van der Waals surface area contributed by atoms with Crippen LogP contribution in [0.2, 0.25) is 0 Å². The maximum atomic E-state index is 12.1. The Labute approximate surface area is 118 Å². The largest absolute Gasteiger partial charge is 0.465 e. The van der Waals surface area contributed by atoms with Crippen molar-refractivity contribution in [3.05, 3.63) is 35.4 Å². The fourth-order valence-corrected chi connectivity index (χ4v) is 2.61. The number of hydrogen-bond donors (Lipinski definition) is 3. The minimum absolute atomic E-state index is 0.0135. The first-order valence-electron chi connectivity index (χ1n) is 6.91. The predicted octanol–water partition coefficient (Wildman–Crippen LogP) is 2.30. The van der Waals surface area contributed by atoms with Crippen LogP contribution in [0.15, 0.2) is 24.3 Å². The smallest absolute Gasteiger partial charge is 0.404 e. The van der Waals surface area contributed by atoms with E-state index in [2.05, 4.69) is 10.6 Å². The molecule has 0 aromatic heterocycles. The third-order valence-corrected chi connectivity index (χ3v) is 3.67. The molecule has 0 atom stereocenters. The minimum Gasteiger partial charge on any atom is -0.465 e. The molecule has 1 aliphatic carbocycles. The van der Waals surface area contributed by atoms with Crippen LogP contribution in [0, 0.1) is 6.92 Å². The summed E-state index contributed by atoms with van der Waals surface area (Å²) in [7, 11) is 0. The van der Waals surface area contributed by atoms with E-state index in [1.807, 2.05) is 25.1 Å². The average molecular weight is 276 g/mol. The second-order valence-corrected chi connectivity index (χ2v) is 5.34. The summed E-state index contributed by atoms with van der Waals surface area (Å²) < 4.78 is 0. The summed E-state index contributed by atoms with van der Waals surface area (Å²) in [5, 5.41) is 14.2. The molecule has 1 saturated carbocycles. The van der Waals surface area contributed by atoms with Crippen molar-refractivity contribution in [2.45, 2.75) is 44.7 Å². The second-order valence-electron chi connectivity index (χ2n) is 5.34. The van der Waals surface area contributed by atoms with Gasteiger partial charge in [0.05, 0.1) is 0 Å². The molecule has 5 heteroatoms. The molecule has 108 valence electrons. The lowest BCUT2D eigenvalue weighted by atomic mass is 9.91. The Morgan fingerprint density at radius 2 is 1.70 bits per heavy atom. The summed E-state index contributed by atoms with van der Waals surface area (Å²) >= 11 is 0. The molecule has 1 aliphatic rings. The first-order valence-corrected chi connectivity index (χ1v) is 6.91. The molecular weight excluding hydrogens is 256 g/mol. The Morgan fingerprint density at radius 3 is 2.25 bits per heavy atom. The molecule has 3 N–H and O–H groups in total. The van der Waals surface area contributed by atoms with E-state index in [-0.39, 0.29) is 18.0 Å². The minimum atomic E-state index is -0.975. The third kappa shape index (κ3) is 3.98. The molecule has 1 aromatic carbocycles. The number of amides is 2. The number of hydrogen-bond acceptors (Lipinski definition) is 2. The van der Waals surface area contributed by atoms with Crippen LogP contribution in [0.1, 0.15) is 41.6 Å². The fraction of sp³-hybridized carbons (Fsp3) is 0.467. The van der Waals surface area contributed by atoms with E-state index >= 15 is 0 Å². The first kappa shape index (κ1) is 14.4. The molecule has 2 amide bonds. The van der Waals surface area contributed by atoms with Crippen LogP contribution in [0.4, 0.5) is 4.79 Å². The van der Waals surface area contributed by atoms with Crippen LogP contribution in [-0.2, 0) is 0 Å². The van der Waals surface area contributed by atoms with E-state index in [0.29, 0.717) is 5.56 Å². The summed E-state index contributed by atoms with van der Waals surface area (Å²) in [5.74, 6) is -0.0525. The number of carboxylic acid groups (broad SMARTS) is 1. The van der Waals surface area contributed by atoms with Gasteiger partial charge in [-0.1, -0.05) is 17.7 Å². The number of carbonyl (C=O) groups excluding carboxylic acids is 1. The highest BCUT2D eigenvalue weighted by Crippen LogP contribution is 2.19. The summed E-state index contributed by atoms with van der Waals surface area (Å²) in [6.45, 7) is 1.96. The first-order chi connectivity index (χ1) is 9.54. The molecule has 2 rings (SSSR count). The third-order valence-electron chi connectivity index (χ3n) is 3.67. The molecule has 0 spiro atoms. The zero-order valence-electron chi connectivity index (χ0n) is 11.6. The van der Waals surface area contributed by atoms with Gasteiger partial charge in [-0.05, 0) is 44.7 Å². The zero-order chi connectivity index (χ0) is 14.5. The molecule has 1 fully saturated rings. The second kappa shape index (κ2) is 6.41. The highest BCUT2D eigenvalue weighted by atomic mass is 16.4. The number of rotatable bonds is 3. The number of nitrogens with one attached hydrogen (secondary N) is 2. The van der Waals surface area contributed by atoms with E-state index in [0.717, 1.165) is 31.2 Å². The van der Waals surface area contributed by atoms with Gasteiger partial charge in [0.25, 0.3) is 5.91 Å². The van der Waals surface area contributed by atoms with Crippen molar-refractivity contribution in [3.8, 4) is 0 Å². The Balaban J connectivity index is 1.83. The van der Waals surface area contributed by atoms with Crippen LogP contribution < -0.4 is 10.6 Å². The zero-order valence-corrected chi connectivity index (χ0v) is 11.6. The highest BCUT2D eigenvalue weighted by Gasteiger charge is 2.23. The lowest BCUT2D eigenvalue weighted by molar-refractivity contribution is 0.0923. The van der Waals surface area contributed by atoms with Gasteiger partial charge in [-0.2, -0.15) is 0 Å². The Morgan fingerprint density at radius 1 is 1.10 bits per heavy atom. The molecule has 0 saturated heterocycles. The summed E-state index contributed by atoms with van der Waals surface area (Å²) in [6.07, 6.45) is 2.18.